The molecule has 8 heteroatoms. The molecule has 2 aromatic rings. The molecule has 0 amide bonds. The van der Waals surface area contributed by atoms with Crippen LogP contribution < -0.4 is 15.4 Å². The lowest BCUT2D eigenvalue weighted by atomic mass is 10.1. The van der Waals surface area contributed by atoms with Crippen LogP contribution in [0.15, 0.2) is 24.3 Å². The van der Waals surface area contributed by atoms with Crippen molar-refractivity contribution < 1.29 is 17.9 Å². The molecule has 0 bridgehead atoms. The molecule has 3 rings (SSSR count). The number of nitrogens with one attached hydrogen (secondary N) is 2. The van der Waals surface area contributed by atoms with E-state index in [9.17, 15) is 13.2 Å². The second-order valence-electron chi connectivity index (χ2n) is 5.84. The van der Waals surface area contributed by atoms with E-state index in [2.05, 4.69) is 20.6 Å². The molecule has 0 aliphatic heterocycles. The number of methoxy groups -OCH3 is 1. The van der Waals surface area contributed by atoms with E-state index < -0.39 is 11.7 Å². The average molecular weight is 352 g/mol. The second-order valence-corrected chi connectivity index (χ2v) is 5.84. The molecule has 2 N–H and O–H groups in total. The lowest BCUT2D eigenvalue weighted by Crippen LogP contribution is -2.09. The van der Waals surface area contributed by atoms with Crippen molar-refractivity contribution in [1.29, 1.82) is 0 Å². The van der Waals surface area contributed by atoms with E-state index >= 15 is 0 Å². The van der Waals surface area contributed by atoms with Crippen LogP contribution in [-0.2, 0) is 6.18 Å². The first-order valence-electron chi connectivity index (χ1n) is 8.05. The van der Waals surface area contributed by atoms with Crippen molar-refractivity contribution in [1.82, 2.24) is 9.97 Å². The lowest BCUT2D eigenvalue weighted by molar-refractivity contribution is -0.138. The van der Waals surface area contributed by atoms with Gasteiger partial charge in [-0.05, 0) is 38.0 Å². The number of rotatable bonds is 6. The van der Waals surface area contributed by atoms with Crippen molar-refractivity contribution in [3.05, 3.63) is 35.5 Å². The number of benzene rings is 1. The number of hydrogen-bond acceptors (Lipinski definition) is 5. The number of anilines is 3. The Morgan fingerprint density at radius 2 is 1.96 bits per heavy atom. The Labute approximate surface area is 143 Å². The Bertz CT molecular complexity index is 760. The third kappa shape index (κ3) is 4.12. The number of aromatic nitrogens is 2. The first kappa shape index (κ1) is 17.3. The molecule has 1 heterocycles. The van der Waals surface area contributed by atoms with Gasteiger partial charge in [0, 0.05) is 24.2 Å². The summed E-state index contributed by atoms with van der Waals surface area (Å²) >= 11 is 0. The molecule has 1 aliphatic carbocycles. The smallest absolute Gasteiger partial charge is 0.420 e. The number of ether oxygens (including phenoxy) is 1. The first-order chi connectivity index (χ1) is 11.9. The van der Waals surface area contributed by atoms with E-state index in [1.807, 2.05) is 6.92 Å². The molecular formula is C17H19F3N4O. The molecule has 0 saturated heterocycles. The molecule has 0 atom stereocenters. The highest BCUT2D eigenvalue weighted by molar-refractivity contribution is 5.61. The van der Waals surface area contributed by atoms with Gasteiger partial charge < -0.3 is 15.4 Å². The van der Waals surface area contributed by atoms with Crippen LogP contribution in [0.3, 0.4) is 0 Å². The summed E-state index contributed by atoms with van der Waals surface area (Å²) in [6.07, 6.45) is -2.35. The van der Waals surface area contributed by atoms with E-state index in [1.54, 1.807) is 6.07 Å². The third-order valence-electron chi connectivity index (χ3n) is 3.85. The summed E-state index contributed by atoms with van der Waals surface area (Å²) < 4.78 is 44.3. The SMILES string of the molecule is CCNc1nc(Nc2ccc(OC)c(C(F)(F)F)c2)cc(C2CC2)n1. The van der Waals surface area contributed by atoms with E-state index in [0.717, 1.165) is 24.6 Å². The molecule has 1 aromatic heterocycles. The predicted octanol–water partition coefficient (Wildman–Crippen LogP) is 4.56. The van der Waals surface area contributed by atoms with Gasteiger partial charge in [-0.2, -0.15) is 18.2 Å². The minimum atomic E-state index is -4.50. The Balaban J connectivity index is 1.91. The number of nitrogens with zero attached hydrogens (tertiary/aromatic N) is 2. The second kappa shape index (κ2) is 6.78. The maximum Gasteiger partial charge on any atom is 0.420 e. The maximum atomic E-state index is 13.2. The Kier molecular flexibility index (Phi) is 4.69. The highest BCUT2D eigenvalue weighted by atomic mass is 19.4. The van der Waals surface area contributed by atoms with Crippen LogP contribution in [0.2, 0.25) is 0 Å². The summed E-state index contributed by atoms with van der Waals surface area (Å²) in [6, 6.07) is 5.62. The van der Waals surface area contributed by atoms with Gasteiger partial charge in [0.05, 0.1) is 18.4 Å². The van der Waals surface area contributed by atoms with E-state index in [-0.39, 0.29) is 11.4 Å². The van der Waals surface area contributed by atoms with Gasteiger partial charge in [-0.1, -0.05) is 0 Å². The summed E-state index contributed by atoms with van der Waals surface area (Å²) in [5.41, 5.74) is 0.359. The molecule has 0 radical (unpaired) electrons. The summed E-state index contributed by atoms with van der Waals surface area (Å²) in [5.74, 6) is 1.13. The van der Waals surface area contributed by atoms with Crippen LogP contribution in [0.1, 0.15) is 36.9 Å². The predicted molar refractivity (Wildman–Crippen MR) is 89.4 cm³/mol. The number of hydrogen-bond donors (Lipinski definition) is 2. The molecule has 0 spiro atoms. The normalized spacial score (nSPS) is 14.3. The highest BCUT2D eigenvalue weighted by Gasteiger charge is 2.34. The van der Waals surface area contributed by atoms with Gasteiger partial charge in [0.2, 0.25) is 5.95 Å². The van der Waals surface area contributed by atoms with Crippen LogP contribution in [0.25, 0.3) is 0 Å². The Morgan fingerprint density at radius 3 is 2.56 bits per heavy atom. The Morgan fingerprint density at radius 1 is 1.20 bits per heavy atom. The van der Waals surface area contributed by atoms with Gasteiger partial charge in [0.25, 0.3) is 0 Å². The molecule has 1 aliphatic rings. The van der Waals surface area contributed by atoms with Crippen molar-refractivity contribution in [2.75, 3.05) is 24.3 Å². The zero-order valence-electron chi connectivity index (χ0n) is 13.9. The standard InChI is InChI=1S/C17H19F3N4O/c1-3-21-16-23-13(10-4-5-10)9-15(24-16)22-11-6-7-14(25-2)12(8-11)17(18,19)20/h6-10H,3-5H2,1-2H3,(H2,21,22,23,24). The van der Waals surface area contributed by atoms with Crippen molar-refractivity contribution in [3.63, 3.8) is 0 Å². The highest BCUT2D eigenvalue weighted by Crippen LogP contribution is 2.41. The summed E-state index contributed by atoms with van der Waals surface area (Å²) in [6.45, 7) is 2.59. The van der Waals surface area contributed by atoms with Crippen molar-refractivity contribution >= 4 is 17.5 Å². The molecular weight excluding hydrogens is 333 g/mol. The quantitative estimate of drug-likeness (QED) is 0.798. The molecule has 134 valence electrons. The van der Waals surface area contributed by atoms with Crippen molar-refractivity contribution in [2.45, 2.75) is 31.9 Å². The molecule has 1 saturated carbocycles. The molecule has 1 aromatic carbocycles. The zero-order valence-corrected chi connectivity index (χ0v) is 13.9. The van der Waals surface area contributed by atoms with Crippen LogP contribution in [0.5, 0.6) is 5.75 Å². The van der Waals surface area contributed by atoms with Gasteiger partial charge in [0.1, 0.15) is 11.6 Å². The van der Waals surface area contributed by atoms with E-state index in [0.29, 0.717) is 24.2 Å². The third-order valence-corrected chi connectivity index (χ3v) is 3.85. The first-order valence-corrected chi connectivity index (χ1v) is 8.05. The van der Waals surface area contributed by atoms with Gasteiger partial charge in [-0.3, -0.25) is 0 Å². The lowest BCUT2D eigenvalue weighted by Gasteiger charge is -2.15. The van der Waals surface area contributed by atoms with E-state index in [4.69, 9.17) is 4.74 Å². The van der Waals surface area contributed by atoms with Crippen molar-refractivity contribution in [2.24, 2.45) is 0 Å². The van der Waals surface area contributed by atoms with Gasteiger partial charge in [0.15, 0.2) is 0 Å². The average Bonchev–Trinajstić information content (AvgIpc) is 3.39. The molecule has 5 nitrogen and oxygen atoms in total. The van der Waals surface area contributed by atoms with Crippen molar-refractivity contribution in [3.8, 4) is 5.75 Å². The fourth-order valence-electron chi connectivity index (χ4n) is 2.51. The summed E-state index contributed by atoms with van der Waals surface area (Å²) in [7, 11) is 1.21. The number of alkyl halides is 3. The van der Waals surface area contributed by atoms with Gasteiger partial charge in [-0.25, -0.2) is 4.98 Å². The largest absolute Gasteiger partial charge is 0.496 e. The minimum absolute atomic E-state index is 0.215. The molecule has 1 fully saturated rings. The summed E-state index contributed by atoms with van der Waals surface area (Å²) in [4.78, 5) is 8.77. The fourth-order valence-corrected chi connectivity index (χ4v) is 2.51. The summed E-state index contributed by atoms with van der Waals surface area (Å²) in [5, 5.41) is 5.99. The van der Waals surface area contributed by atoms with Crippen LogP contribution in [0, 0.1) is 0 Å². The minimum Gasteiger partial charge on any atom is -0.496 e. The molecule has 25 heavy (non-hydrogen) atoms. The number of halogens is 3. The molecule has 0 unspecified atom stereocenters. The van der Waals surface area contributed by atoms with Crippen LogP contribution >= 0.6 is 0 Å². The van der Waals surface area contributed by atoms with E-state index in [1.165, 1.54) is 19.2 Å². The van der Waals surface area contributed by atoms with Gasteiger partial charge in [-0.15, -0.1) is 0 Å². The maximum absolute atomic E-state index is 13.2. The van der Waals surface area contributed by atoms with Gasteiger partial charge >= 0.3 is 6.18 Å². The Hall–Kier alpha value is -2.51. The monoisotopic (exact) mass is 352 g/mol. The zero-order chi connectivity index (χ0) is 18.0. The fraction of sp³-hybridized carbons (Fsp3) is 0.412. The van der Waals surface area contributed by atoms with Crippen LogP contribution in [-0.4, -0.2) is 23.6 Å². The topological polar surface area (TPSA) is 59.1 Å². The van der Waals surface area contributed by atoms with Crippen LogP contribution in [0.4, 0.5) is 30.6 Å².